The number of amides is 1. The van der Waals surface area contributed by atoms with Gasteiger partial charge in [0.25, 0.3) is 5.92 Å². The van der Waals surface area contributed by atoms with E-state index < -0.39 is 12.5 Å². The highest BCUT2D eigenvalue weighted by molar-refractivity contribution is 7.17. The molecule has 2 aliphatic heterocycles. The van der Waals surface area contributed by atoms with Crippen molar-refractivity contribution in [2.45, 2.75) is 37.8 Å². The van der Waals surface area contributed by atoms with E-state index >= 15 is 0 Å². The molecule has 0 bridgehead atoms. The second-order valence-corrected chi connectivity index (χ2v) is 8.38. The molecule has 2 aliphatic rings. The van der Waals surface area contributed by atoms with Crippen LogP contribution in [-0.2, 0) is 4.79 Å². The Labute approximate surface area is 155 Å². The number of nitrogens with one attached hydrogen (secondary N) is 1. The summed E-state index contributed by atoms with van der Waals surface area (Å²) < 4.78 is 28.3. The zero-order valence-electron chi connectivity index (χ0n) is 14.8. The lowest BCUT2D eigenvalue weighted by Crippen LogP contribution is -2.42. The summed E-state index contributed by atoms with van der Waals surface area (Å²) in [6, 6.07) is 8.24. The van der Waals surface area contributed by atoms with E-state index in [4.69, 9.17) is 0 Å². The summed E-state index contributed by atoms with van der Waals surface area (Å²) in [6.45, 7) is 3.05. The molecule has 3 heterocycles. The Hall–Kier alpha value is -1.73. The summed E-state index contributed by atoms with van der Waals surface area (Å²) >= 11 is 1.72. The molecule has 26 heavy (non-hydrogen) atoms. The Morgan fingerprint density at radius 3 is 3.00 bits per heavy atom. The Morgan fingerprint density at radius 2 is 2.23 bits per heavy atom. The number of halogens is 2. The third kappa shape index (κ3) is 3.55. The van der Waals surface area contributed by atoms with Crippen LogP contribution in [0.2, 0.25) is 0 Å². The number of fused-ring (bicyclic) bond motifs is 1. The van der Waals surface area contributed by atoms with Crippen molar-refractivity contribution in [3.8, 4) is 0 Å². The molecule has 2 aromatic rings. The summed E-state index contributed by atoms with van der Waals surface area (Å²) in [4.78, 5) is 15.8. The SMILES string of the molecule is C[C@@H]1CC(F)(F)CN1C(=O)CN1CC[C@H](Nc2cccc3sccc23)C1. The number of rotatable bonds is 4. The minimum Gasteiger partial charge on any atom is -0.380 e. The van der Waals surface area contributed by atoms with Gasteiger partial charge in [-0.3, -0.25) is 9.69 Å². The minimum atomic E-state index is -2.75. The molecular formula is C19H23F2N3OS. The zero-order chi connectivity index (χ0) is 18.3. The smallest absolute Gasteiger partial charge is 0.267 e. The molecule has 1 N–H and O–H groups in total. The number of carbonyl (C=O) groups is 1. The molecule has 140 valence electrons. The summed E-state index contributed by atoms with van der Waals surface area (Å²) in [5.41, 5.74) is 1.12. The number of likely N-dealkylation sites (tertiary alicyclic amines) is 2. The van der Waals surface area contributed by atoms with E-state index in [-0.39, 0.29) is 31.0 Å². The number of anilines is 1. The van der Waals surface area contributed by atoms with Crippen molar-refractivity contribution >= 4 is 33.0 Å². The molecule has 2 saturated heterocycles. The van der Waals surface area contributed by atoms with E-state index in [1.807, 2.05) is 6.07 Å². The third-order valence-electron chi connectivity index (χ3n) is 5.33. The molecule has 0 saturated carbocycles. The molecule has 2 atom stereocenters. The second kappa shape index (κ2) is 6.78. The van der Waals surface area contributed by atoms with Crippen molar-refractivity contribution in [1.82, 2.24) is 9.80 Å². The first-order valence-corrected chi connectivity index (χ1v) is 9.92. The van der Waals surface area contributed by atoms with E-state index in [1.165, 1.54) is 15.0 Å². The van der Waals surface area contributed by atoms with Gasteiger partial charge in [-0.05, 0) is 36.9 Å². The Balaban J connectivity index is 1.34. The normalized spacial score (nSPS) is 25.9. The first kappa shape index (κ1) is 17.7. The van der Waals surface area contributed by atoms with Crippen LogP contribution in [0.25, 0.3) is 10.1 Å². The van der Waals surface area contributed by atoms with Gasteiger partial charge in [0.05, 0.1) is 13.1 Å². The van der Waals surface area contributed by atoms with Gasteiger partial charge in [0.1, 0.15) is 0 Å². The molecule has 0 spiro atoms. The topological polar surface area (TPSA) is 35.6 Å². The van der Waals surface area contributed by atoms with Crippen LogP contribution in [-0.4, -0.2) is 59.9 Å². The van der Waals surface area contributed by atoms with E-state index in [2.05, 4.69) is 33.8 Å². The Morgan fingerprint density at radius 1 is 1.38 bits per heavy atom. The molecule has 7 heteroatoms. The summed E-state index contributed by atoms with van der Waals surface area (Å²) in [5.74, 6) is -2.93. The van der Waals surface area contributed by atoms with Crippen LogP contribution in [0.15, 0.2) is 29.6 Å². The molecule has 4 rings (SSSR count). The number of hydrogen-bond donors (Lipinski definition) is 1. The number of hydrogen-bond acceptors (Lipinski definition) is 4. The van der Waals surface area contributed by atoms with Gasteiger partial charge in [-0.1, -0.05) is 6.07 Å². The maximum Gasteiger partial charge on any atom is 0.267 e. The van der Waals surface area contributed by atoms with Crippen molar-refractivity contribution in [1.29, 1.82) is 0 Å². The van der Waals surface area contributed by atoms with Crippen LogP contribution in [0, 0.1) is 0 Å². The van der Waals surface area contributed by atoms with E-state index in [9.17, 15) is 13.6 Å². The predicted molar refractivity (Wildman–Crippen MR) is 101 cm³/mol. The van der Waals surface area contributed by atoms with Crippen molar-refractivity contribution in [2.75, 3.05) is 31.5 Å². The number of thiophene rings is 1. The minimum absolute atomic E-state index is 0.185. The fourth-order valence-corrected chi connectivity index (χ4v) is 4.87. The van der Waals surface area contributed by atoms with Gasteiger partial charge in [0.2, 0.25) is 5.91 Å². The summed E-state index contributed by atoms with van der Waals surface area (Å²) in [7, 11) is 0. The first-order valence-electron chi connectivity index (χ1n) is 9.04. The lowest BCUT2D eigenvalue weighted by Gasteiger charge is -2.24. The first-order chi connectivity index (χ1) is 12.4. The second-order valence-electron chi connectivity index (χ2n) is 7.43. The fourth-order valence-electron chi connectivity index (χ4n) is 4.06. The molecule has 0 radical (unpaired) electrons. The monoisotopic (exact) mass is 379 g/mol. The van der Waals surface area contributed by atoms with Gasteiger partial charge in [-0.25, -0.2) is 8.78 Å². The zero-order valence-corrected chi connectivity index (χ0v) is 15.6. The van der Waals surface area contributed by atoms with Crippen molar-refractivity contribution in [2.24, 2.45) is 0 Å². The number of carbonyl (C=O) groups excluding carboxylic acids is 1. The Bertz CT molecular complexity index is 809. The maximum atomic E-state index is 13.5. The van der Waals surface area contributed by atoms with Gasteiger partial charge < -0.3 is 10.2 Å². The summed E-state index contributed by atoms with van der Waals surface area (Å²) in [5, 5.41) is 6.89. The standard InChI is InChI=1S/C19H23F2N3OS/c1-13-9-19(20,21)12-24(13)18(25)11-23-7-5-14(10-23)22-16-3-2-4-17-15(16)6-8-26-17/h2-4,6,8,13-14,22H,5,7,9-12H2,1H3/t13-,14+/m1/s1. The van der Waals surface area contributed by atoms with E-state index in [0.29, 0.717) is 0 Å². The van der Waals surface area contributed by atoms with Gasteiger partial charge in [-0.15, -0.1) is 11.3 Å². The van der Waals surface area contributed by atoms with Crippen LogP contribution in [0.3, 0.4) is 0 Å². The molecule has 1 amide bonds. The molecular weight excluding hydrogens is 356 g/mol. The molecule has 2 fully saturated rings. The van der Waals surface area contributed by atoms with Gasteiger partial charge in [0, 0.05) is 47.4 Å². The van der Waals surface area contributed by atoms with Crippen LogP contribution in [0.1, 0.15) is 19.8 Å². The van der Waals surface area contributed by atoms with Crippen LogP contribution >= 0.6 is 11.3 Å². The highest BCUT2D eigenvalue weighted by Crippen LogP contribution is 2.32. The van der Waals surface area contributed by atoms with Crippen LogP contribution < -0.4 is 5.32 Å². The van der Waals surface area contributed by atoms with Crippen LogP contribution in [0.4, 0.5) is 14.5 Å². The quantitative estimate of drug-likeness (QED) is 0.881. The van der Waals surface area contributed by atoms with Crippen molar-refractivity contribution in [3.63, 3.8) is 0 Å². The molecule has 1 aromatic carbocycles. The largest absolute Gasteiger partial charge is 0.380 e. The molecule has 4 nitrogen and oxygen atoms in total. The molecule has 1 aromatic heterocycles. The predicted octanol–water partition coefficient (Wildman–Crippen LogP) is 3.64. The van der Waals surface area contributed by atoms with Gasteiger partial charge in [-0.2, -0.15) is 0 Å². The van der Waals surface area contributed by atoms with Gasteiger partial charge in [0.15, 0.2) is 0 Å². The highest BCUT2D eigenvalue weighted by atomic mass is 32.1. The average Bonchev–Trinajstić information content (AvgIpc) is 3.27. The van der Waals surface area contributed by atoms with Gasteiger partial charge >= 0.3 is 0 Å². The van der Waals surface area contributed by atoms with Crippen molar-refractivity contribution in [3.05, 3.63) is 29.6 Å². The molecule has 0 unspecified atom stereocenters. The Kier molecular flexibility index (Phi) is 4.61. The third-order valence-corrected chi connectivity index (χ3v) is 6.22. The van der Waals surface area contributed by atoms with E-state index in [1.54, 1.807) is 18.3 Å². The van der Waals surface area contributed by atoms with Crippen LogP contribution in [0.5, 0.6) is 0 Å². The summed E-state index contributed by atoms with van der Waals surface area (Å²) in [6.07, 6.45) is 0.715. The lowest BCUT2D eigenvalue weighted by atomic mass is 10.2. The van der Waals surface area contributed by atoms with Crippen molar-refractivity contribution < 1.29 is 13.6 Å². The fraction of sp³-hybridized carbons (Fsp3) is 0.526. The molecule has 0 aliphatic carbocycles. The number of nitrogens with zero attached hydrogens (tertiary/aromatic N) is 2. The van der Waals surface area contributed by atoms with E-state index in [0.717, 1.165) is 25.2 Å². The average molecular weight is 379 g/mol. The number of alkyl halides is 2. The lowest BCUT2D eigenvalue weighted by molar-refractivity contribution is -0.134. The number of benzene rings is 1. The maximum absolute atomic E-state index is 13.5. The highest BCUT2D eigenvalue weighted by Gasteiger charge is 2.45.